The Morgan fingerprint density at radius 2 is 1.42 bits per heavy atom. The Morgan fingerprint density at radius 3 is 2.15 bits per heavy atom. The number of amides is 1. The Bertz CT molecular complexity index is 1080. The number of hydrogen-bond acceptors (Lipinski definition) is 2. The third-order valence-corrected chi connectivity index (χ3v) is 4.22. The summed E-state index contributed by atoms with van der Waals surface area (Å²) in [5.41, 5.74) is 2.92. The molecule has 0 spiro atoms. The number of ketones is 1. The fourth-order valence-corrected chi connectivity index (χ4v) is 2.97. The van der Waals surface area contributed by atoms with Crippen LogP contribution < -0.4 is 5.32 Å². The number of carbonyl (C=O) groups is 2. The minimum Gasteiger partial charge on any atom is -0.322 e. The van der Waals surface area contributed by atoms with Gasteiger partial charge < -0.3 is 9.72 Å². The molecule has 0 aliphatic rings. The van der Waals surface area contributed by atoms with E-state index in [9.17, 15) is 9.59 Å². The van der Waals surface area contributed by atoms with Crippen molar-refractivity contribution >= 4 is 22.9 Å². The average Bonchev–Trinajstić information content (AvgIpc) is 3.09. The summed E-state index contributed by atoms with van der Waals surface area (Å²) >= 11 is 0. The second-order valence-corrected chi connectivity index (χ2v) is 5.91. The molecule has 4 rings (SSSR count). The fraction of sp³-hybridized carbons (Fsp3) is 0. The number of pyridine rings is 1. The second-order valence-electron chi connectivity index (χ2n) is 5.91. The molecule has 2 aromatic carbocycles. The monoisotopic (exact) mass is 340 g/mol. The van der Waals surface area contributed by atoms with Crippen molar-refractivity contribution < 1.29 is 9.59 Å². The lowest BCUT2D eigenvalue weighted by molar-refractivity contribution is 0.102. The predicted octanol–water partition coefficient (Wildman–Crippen LogP) is 4.42. The average molecular weight is 340 g/mol. The molecule has 4 nitrogen and oxygen atoms in total. The first kappa shape index (κ1) is 15.8. The van der Waals surface area contributed by atoms with E-state index in [1.807, 2.05) is 66.7 Å². The molecule has 26 heavy (non-hydrogen) atoms. The Morgan fingerprint density at radius 1 is 0.769 bits per heavy atom. The largest absolute Gasteiger partial charge is 0.322 e. The van der Waals surface area contributed by atoms with Crippen LogP contribution in [0.3, 0.4) is 0 Å². The van der Waals surface area contributed by atoms with Gasteiger partial charge in [-0.25, -0.2) is 0 Å². The first-order chi connectivity index (χ1) is 12.7. The van der Waals surface area contributed by atoms with Gasteiger partial charge in [-0.2, -0.15) is 0 Å². The maximum absolute atomic E-state index is 12.9. The number of nitrogens with one attached hydrogen (secondary N) is 1. The normalized spacial score (nSPS) is 10.6. The van der Waals surface area contributed by atoms with E-state index in [1.54, 1.807) is 28.8 Å². The van der Waals surface area contributed by atoms with Crippen LogP contribution >= 0.6 is 0 Å². The molecule has 0 fully saturated rings. The molecule has 0 aliphatic carbocycles. The molecule has 4 aromatic rings. The summed E-state index contributed by atoms with van der Waals surface area (Å²) in [6.45, 7) is 0. The highest BCUT2D eigenvalue weighted by Gasteiger charge is 2.20. The molecule has 0 aliphatic heterocycles. The number of carbonyl (C=O) groups excluding carboxylic acids is 2. The first-order valence-corrected chi connectivity index (χ1v) is 8.30. The van der Waals surface area contributed by atoms with E-state index in [2.05, 4.69) is 5.32 Å². The molecular weight excluding hydrogens is 324 g/mol. The van der Waals surface area contributed by atoms with Crippen molar-refractivity contribution in [3.63, 3.8) is 0 Å². The van der Waals surface area contributed by atoms with Crippen molar-refractivity contribution in [2.75, 3.05) is 5.32 Å². The molecular formula is C22H16N2O2. The van der Waals surface area contributed by atoms with Crippen LogP contribution in [0.2, 0.25) is 0 Å². The van der Waals surface area contributed by atoms with Crippen LogP contribution in [0.15, 0.2) is 91.1 Å². The van der Waals surface area contributed by atoms with E-state index in [1.165, 1.54) is 0 Å². The van der Waals surface area contributed by atoms with Crippen LogP contribution in [0.4, 0.5) is 5.69 Å². The highest BCUT2D eigenvalue weighted by atomic mass is 16.1. The van der Waals surface area contributed by atoms with E-state index in [4.69, 9.17) is 0 Å². The number of aromatic nitrogens is 1. The molecule has 1 N–H and O–H groups in total. The minimum absolute atomic E-state index is 0.120. The molecule has 126 valence electrons. The summed E-state index contributed by atoms with van der Waals surface area (Å²) in [6.07, 6.45) is 1.80. The zero-order valence-electron chi connectivity index (χ0n) is 13.9. The van der Waals surface area contributed by atoms with Crippen LogP contribution in [-0.4, -0.2) is 16.1 Å². The fourth-order valence-electron chi connectivity index (χ4n) is 2.97. The lowest BCUT2D eigenvalue weighted by atomic mass is 10.1. The van der Waals surface area contributed by atoms with Crippen molar-refractivity contribution in [2.24, 2.45) is 0 Å². The van der Waals surface area contributed by atoms with Gasteiger partial charge in [0.15, 0.2) is 0 Å². The standard InChI is InChI=1S/C22H16N2O2/c25-21(16-9-3-1-4-10-16)20-15-18(19-13-7-8-14-24(19)20)22(26)23-17-11-5-2-6-12-17/h1-15H,(H,23,26). The number of para-hydroxylation sites is 1. The Balaban J connectivity index is 1.77. The zero-order chi connectivity index (χ0) is 17.9. The van der Waals surface area contributed by atoms with Gasteiger partial charge in [-0.05, 0) is 30.3 Å². The maximum Gasteiger partial charge on any atom is 0.257 e. The molecule has 0 atom stereocenters. The Hall–Kier alpha value is -3.66. The molecule has 0 radical (unpaired) electrons. The molecule has 0 saturated carbocycles. The molecule has 0 saturated heterocycles. The second kappa shape index (κ2) is 6.69. The van der Waals surface area contributed by atoms with Crippen molar-refractivity contribution in [3.8, 4) is 0 Å². The Kier molecular flexibility index (Phi) is 4.07. The van der Waals surface area contributed by atoms with E-state index in [0.29, 0.717) is 28.0 Å². The highest BCUT2D eigenvalue weighted by Crippen LogP contribution is 2.21. The van der Waals surface area contributed by atoms with Gasteiger partial charge in [0.1, 0.15) is 0 Å². The molecule has 2 aromatic heterocycles. The van der Waals surface area contributed by atoms with Crippen molar-refractivity contribution in [1.29, 1.82) is 0 Å². The minimum atomic E-state index is -0.244. The van der Waals surface area contributed by atoms with Crippen molar-refractivity contribution in [1.82, 2.24) is 4.40 Å². The first-order valence-electron chi connectivity index (χ1n) is 8.30. The van der Waals surface area contributed by atoms with Crippen molar-refractivity contribution in [2.45, 2.75) is 0 Å². The van der Waals surface area contributed by atoms with E-state index >= 15 is 0 Å². The summed E-state index contributed by atoms with van der Waals surface area (Å²) in [6, 6.07) is 25.5. The van der Waals surface area contributed by atoms with Crippen LogP contribution in [0.25, 0.3) is 5.52 Å². The van der Waals surface area contributed by atoms with Gasteiger partial charge in [-0.1, -0.05) is 54.6 Å². The van der Waals surface area contributed by atoms with Crippen molar-refractivity contribution in [3.05, 3.63) is 108 Å². The highest BCUT2D eigenvalue weighted by molar-refractivity contribution is 6.14. The lowest BCUT2D eigenvalue weighted by Gasteiger charge is -2.04. The molecule has 1 amide bonds. The molecule has 0 unspecified atom stereocenters. The van der Waals surface area contributed by atoms with Gasteiger partial charge in [0, 0.05) is 17.4 Å². The van der Waals surface area contributed by atoms with Gasteiger partial charge in [0.25, 0.3) is 5.91 Å². The predicted molar refractivity (Wildman–Crippen MR) is 102 cm³/mol. The van der Waals surface area contributed by atoms with E-state index < -0.39 is 0 Å². The molecule has 4 heteroatoms. The number of benzene rings is 2. The summed E-state index contributed by atoms with van der Waals surface area (Å²) in [5.74, 6) is -0.363. The lowest BCUT2D eigenvalue weighted by Crippen LogP contribution is -2.11. The SMILES string of the molecule is O=C(Nc1ccccc1)c1cc(C(=O)c2ccccc2)n2ccccc12. The number of hydrogen-bond donors (Lipinski definition) is 1. The number of nitrogens with zero attached hydrogens (tertiary/aromatic N) is 1. The topological polar surface area (TPSA) is 50.6 Å². The van der Waals surface area contributed by atoms with Gasteiger partial charge in [-0.15, -0.1) is 0 Å². The smallest absolute Gasteiger partial charge is 0.257 e. The van der Waals surface area contributed by atoms with Crippen LogP contribution in [0.1, 0.15) is 26.4 Å². The third-order valence-electron chi connectivity index (χ3n) is 4.22. The number of anilines is 1. The molecule has 2 heterocycles. The summed E-state index contributed by atoms with van der Waals surface area (Å²) in [4.78, 5) is 25.7. The summed E-state index contributed by atoms with van der Waals surface area (Å²) in [5, 5.41) is 2.88. The van der Waals surface area contributed by atoms with Crippen LogP contribution in [0.5, 0.6) is 0 Å². The van der Waals surface area contributed by atoms with E-state index in [-0.39, 0.29) is 11.7 Å². The Labute approximate surface area is 150 Å². The van der Waals surface area contributed by atoms with Gasteiger partial charge >= 0.3 is 0 Å². The van der Waals surface area contributed by atoms with Gasteiger partial charge in [0.2, 0.25) is 5.78 Å². The zero-order valence-corrected chi connectivity index (χ0v) is 13.9. The molecule has 0 bridgehead atoms. The third kappa shape index (κ3) is 2.89. The summed E-state index contributed by atoms with van der Waals surface area (Å²) in [7, 11) is 0. The van der Waals surface area contributed by atoms with E-state index in [0.717, 1.165) is 0 Å². The van der Waals surface area contributed by atoms with Gasteiger partial charge in [0.05, 0.1) is 16.8 Å². The summed E-state index contributed by atoms with van der Waals surface area (Å²) < 4.78 is 1.76. The maximum atomic E-state index is 12.9. The quantitative estimate of drug-likeness (QED) is 0.559. The number of fused-ring (bicyclic) bond motifs is 1. The van der Waals surface area contributed by atoms with Crippen LogP contribution in [0, 0.1) is 0 Å². The van der Waals surface area contributed by atoms with Crippen LogP contribution in [-0.2, 0) is 0 Å². The van der Waals surface area contributed by atoms with Gasteiger partial charge in [-0.3, -0.25) is 9.59 Å². The number of rotatable bonds is 4.